The van der Waals surface area contributed by atoms with Crippen molar-refractivity contribution < 1.29 is 32.2 Å². The molecule has 0 radical (unpaired) electrons. The van der Waals surface area contributed by atoms with Gasteiger partial charge in [0.15, 0.2) is 0 Å². The van der Waals surface area contributed by atoms with Gasteiger partial charge in [0.25, 0.3) is 0 Å². The first-order valence-corrected chi connectivity index (χ1v) is 11.0. The predicted octanol–water partition coefficient (Wildman–Crippen LogP) is 3.18. The lowest BCUT2D eigenvalue weighted by Crippen LogP contribution is -2.34. The molecule has 1 aromatic carbocycles. The lowest BCUT2D eigenvalue weighted by atomic mass is 9.86. The molecule has 1 atom stereocenters. The number of terminal acetylenes is 1. The minimum atomic E-state index is -4.19. The zero-order valence-corrected chi connectivity index (χ0v) is 19.5. The number of sulfone groups is 1. The number of amides is 2. The van der Waals surface area contributed by atoms with E-state index in [1.165, 1.54) is 18.2 Å². The molecule has 0 saturated heterocycles. The van der Waals surface area contributed by atoms with Gasteiger partial charge in [-0.2, -0.15) is 0 Å². The van der Waals surface area contributed by atoms with Crippen LogP contribution in [0.15, 0.2) is 23.1 Å². The number of hydrogen-bond acceptors (Lipinski definition) is 7. The van der Waals surface area contributed by atoms with Crippen LogP contribution in [0.25, 0.3) is 0 Å². The van der Waals surface area contributed by atoms with Gasteiger partial charge in [0.2, 0.25) is 15.3 Å². The maximum Gasteiger partial charge on any atom is 0.412 e. The van der Waals surface area contributed by atoms with Gasteiger partial charge < -0.3 is 19.9 Å². The van der Waals surface area contributed by atoms with Gasteiger partial charge in [-0.05, 0) is 49.9 Å². The van der Waals surface area contributed by atoms with Crippen molar-refractivity contribution >= 4 is 27.7 Å². The number of benzene rings is 1. The fraction of sp³-hybridized carbons (Fsp3) is 0.524. The van der Waals surface area contributed by atoms with Crippen LogP contribution in [-0.4, -0.2) is 44.9 Å². The molecule has 3 N–H and O–H groups in total. The Morgan fingerprint density at radius 2 is 1.81 bits per heavy atom. The summed E-state index contributed by atoms with van der Waals surface area (Å²) in [6, 6.07) is 4.14. The second-order valence-corrected chi connectivity index (χ2v) is 10.8. The van der Waals surface area contributed by atoms with Crippen molar-refractivity contribution in [3.05, 3.63) is 23.8 Å². The molecule has 0 spiro atoms. The average molecular weight is 455 g/mol. The molecule has 2 amide bonds. The number of carbonyl (C=O) groups is 2. The van der Waals surface area contributed by atoms with Crippen molar-refractivity contribution in [2.75, 3.05) is 18.5 Å². The Morgan fingerprint density at radius 3 is 2.29 bits per heavy atom. The third kappa shape index (κ3) is 8.11. The highest BCUT2D eigenvalue weighted by Crippen LogP contribution is 2.33. The summed E-state index contributed by atoms with van der Waals surface area (Å²) in [6.07, 6.45) is 3.16. The maximum atomic E-state index is 13.1. The quantitative estimate of drug-likeness (QED) is 0.477. The molecule has 1 unspecified atom stereocenters. The van der Waals surface area contributed by atoms with E-state index < -0.39 is 45.1 Å². The van der Waals surface area contributed by atoms with E-state index in [0.29, 0.717) is 11.3 Å². The molecule has 0 fully saturated rings. The molecule has 0 saturated carbocycles. The van der Waals surface area contributed by atoms with Crippen LogP contribution < -0.4 is 11.1 Å². The Labute approximate surface area is 183 Å². The summed E-state index contributed by atoms with van der Waals surface area (Å²) in [6.45, 7) is 10.1. The van der Waals surface area contributed by atoms with Crippen LogP contribution in [0.2, 0.25) is 0 Å². The van der Waals surface area contributed by atoms with E-state index in [2.05, 4.69) is 11.2 Å². The molecule has 0 bridgehead atoms. The molecule has 10 heteroatoms. The highest BCUT2D eigenvalue weighted by atomic mass is 32.2. The van der Waals surface area contributed by atoms with Crippen molar-refractivity contribution in [2.45, 2.75) is 62.9 Å². The summed E-state index contributed by atoms with van der Waals surface area (Å²) in [4.78, 5) is 23.3. The number of hydrogen-bond donors (Lipinski definition) is 2. The van der Waals surface area contributed by atoms with Gasteiger partial charge >= 0.3 is 12.2 Å². The number of primary amides is 1. The summed E-state index contributed by atoms with van der Waals surface area (Å²) >= 11 is 0. The smallest absolute Gasteiger partial charge is 0.412 e. The van der Waals surface area contributed by atoms with Crippen molar-refractivity contribution in [3.8, 4) is 12.3 Å². The van der Waals surface area contributed by atoms with Gasteiger partial charge in [0, 0.05) is 5.69 Å². The van der Waals surface area contributed by atoms with Crippen LogP contribution in [0.3, 0.4) is 0 Å². The molecule has 0 heterocycles. The SMILES string of the molecule is C#CCOCC(OC(N)=O)S(=O)(=O)c1ccc(NC(=O)OC(C)(C)C)c(C(C)(C)C)c1. The van der Waals surface area contributed by atoms with Crippen molar-refractivity contribution in [2.24, 2.45) is 5.73 Å². The first-order valence-electron chi connectivity index (χ1n) is 9.43. The molecular formula is C21H30N2O7S. The zero-order chi connectivity index (χ0) is 24.0. The Morgan fingerprint density at radius 1 is 1.19 bits per heavy atom. The molecule has 0 aromatic heterocycles. The fourth-order valence-electron chi connectivity index (χ4n) is 2.53. The Hall–Kier alpha value is -2.77. The standard InChI is InChI=1S/C21H30N2O7S/c1-8-11-28-13-17(29-18(22)24)31(26,27)14-9-10-16(15(12-14)20(2,3)4)23-19(25)30-21(5,6)7/h1,9-10,12,17H,11,13H2,2-7H3,(H2,22,24)(H,23,25). The summed E-state index contributed by atoms with van der Waals surface area (Å²) in [5.41, 5.74) is 3.00. The molecule has 0 aliphatic rings. The van der Waals surface area contributed by atoms with Gasteiger partial charge in [0.05, 0.1) is 4.90 Å². The second-order valence-electron chi connectivity index (χ2n) is 8.71. The molecule has 0 aliphatic carbocycles. The van der Waals surface area contributed by atoms with Crippen LogP contribution in [-0.2, 0) is 29.5 Å². The summed E-state index contributed by atoms with van der Waals surface area (Å²) in [7, 11) is -4.19. The van der Waals surface area contributed by atoms with E-state index in [4.69, 9.17) is 26.4 Å². The van der Waals surface area contributed by atoms with Gasteiger partial charge in [-0.25, -0.2) is 18.0 Å². The average Bonchev–Trinajstić information content (AvgIpc) is 2.58. The molecule has 9 nitrogen and oxygen atoms in total. The number of ether oxygens (including phenoxy) is 3. The first kappa shape index (κ1) is 26.3. The fourth-order valence-corrected chi connectivity index (χ4v) is 3.87. The molecule has 31 heavy (non-hydrogen) atoms. The van der Waals surface area contributed by atoms with Crippen LogP contribution in [0, 0.1) is 12.3 Å². The first-order chi connectivity index (χ1) is 14.1. The molecule has 1 aromatic rings. The third-order valence-electron chi connectivity index (χ3n) is 3.80. The van der Waals surface area contributed by atoms with E-state index in [1.54, 1.807) is 20.8 Å². The lowest BCUT2D eigenvalue weighted by Gasteiger charge is -2.26. The van der Waals surface area contributed by atoms with Gasteiger partial charge in [0.1, 0.15) is 18.8 Å². The van der Waals surface area contributed by atoms with Crippen molar-refractivity contribution in [1.29, 1.82) is 0 Å². The third-order valence-corrected chi connectivity index (χ3v) is 5.63. The predicted molar refractivity (Wildman–Crippen MR) is 116 cm³/mol. The largest absolute Gasteiger partial charge is 0.444 e. The topological polar surface area (TPSA) is 134 Å². The van der Waals surface area contributed by atoms with Gasteiger partial charge in [-0.3, -0.25) is 5.32 Å². The molecular weight excluding hydrogens is 424 g/mol. The zero-order valence-electron chi connectivity index (χ0n) is 18.6. The number of nitrogens with two attached hydrogens (primary N) is 1. The molecule has 0 aliphatic heterocycles. The highest BCUT2D eigenvalue weighted by molar-refractivity contribution is 7.92. The van der Waals surface area contributed by atoms with Crippen LogP contribution in [0.4, 0.5) is 15.3 Å². The number of nitrogens with one attached hydrogen (secondary N) is 1. The van der Waals surface area contributed by atoms with Crippen molar-refractivity contribution in [3.63, 3.8) is 0 Å². The lowest BCUT2D eigenvalue weighted by molar-refractivity contribution is 0.0635. The minimum absolute atomic E-state index is 0.136. The minimum Gasteiger partial charge on any atom is -0.444 e. The normalized spacial score (nSPS) is 13.1. The van der Waals surface area contributed by atoms with Crippen LogP contribution in [0.5, 0.6) is 0 Å². The van der Waals surface area contributed by atoms with Crippen LogP contribution in [0.1, 0.15) is 47.1 Å². The van der Waals surface area contributed by atoms with Crippen LogP contribution >= 0.6 is 0 Å². The van der Waals surface area contributed by atoms with Crippen molar-refractivity contribution in [1.82, 2.24) is 0 Å². The van der Waals surface area contributed by atoms with E-state index in [-0.39, 0.29) is 11.5 Å². The number of carbonyl (C=O) groups excluding carboxylic acids is 2. The van der Waals surface area contributed by atoms with Gasteiger partial charge in [-0.15, -0.1) is 6.42 Å². The summed E-state index contributed by atoms with van der Waals surface area (Å²) in [5, 5.41) is 2.65. The summed E-state index contributed by atoms with van der Waals surface area (Å²) < 4.78 is 41.3. The Kier molecular flexibility index (Phi) is 8.49. The van der Waals surface area contributed by atoms with E-state index in [1.807, 2.05) is 20.8 Å². The van der Waals surface area contributed by atoms with E-state index in [9.17, 15) is 18.0 Å². The van der Waals surface area contributed by atoms with E-state index >= 15 is 0 Å². The maximum absolute atomic E-state index is 13.1. The molecule has 1 rings (SSSR count). The van der Waals surface area contributed by atoms with E-state index in [0.717, 1.165) is 0 Å². The Bertz CT molecular complexity index is 951. The summed E-state index contributed by atoms with van der Waals surface area (Å²) in [5.74, 6) is 2.20. The number of anilines is 1. The Balaban J connectivity index is 3.37. The number of rotatable bonds is 7. The highest BCUT2D eigenvalue weighted by Gasteiger charge is 2.33. The van der Waals surface area contributed by atoms with Gasteiger partial charge in [-0.1, -0.05) is 26.7 Å². The second kappa shape index (κ2) is 10.0. The monoisotopic (exact) mass is 454 g/mol. The molecule has 172 valence electrons.